The topological polar surface area (TPSA) is 58.1 Å². The van der Waals surface area contributed by atoms with Gasteiger partial charge in [0.05, 0.1) is 11.4 Å². The lowest BCUT2D eigenvalue weighted by Crippen LogP contribution is -2.36. The highest BCUT2D eigenvalue weighted by Gasteiger charge is 2.44. The number of carbonyl (C=O) groups is 1. The molecule has 1 aliphatic carbocycles. The number of Topliss-reactive ketones (excluding diaryl/α,β-unsaturated/α-hetero) is 1. The van der Waals surface area contributed by atoms with Crippen LogP contribution >= 0.6 is 0 Å². The molecule has 1 aromatic heterocycles. The van der Waals surface area contributed by atoms with Crippen molar-refractivity contribution in [2.75, 3.05) is 0 Å². The monoisotopic (exact) mass is 265 g/mol. The van der Waals surface area contributed by atoms with Gasteiger partial charge in [0, 0.05) is 30.1 Å². The van der Waals surface area contributed by atoms with Crippen LogP contribution in [0.2, 0.25) is 0 Å². The molecule has 100 valence electrons. The quantitative estimate of drug-likeness (QED) is 0.861. The Kier molecular flexibility index (Phi) is 2.39. The molecule has 2 heterocycles. The van der Waals surface area contributed by atoms with Gasteiger partial charge in [0.2, 0.25) is 0 Å². The predicted molar refractivity (Wildman–Crippen MR) is 76.4 cm³/mol. The molecule has 0 amide bonds. The van der Waals surface area contributed by atoms with Gasteiger partial charge >= 0.3 is 0 Å². The van der Waals surface area contributed by atoms with Crippen molar-refractivity contribution < 1.29 is 4.79 Å². The predicted octanol–water partition coefficient (Wildman–Crippen LogP) is 2.97. The van der Waals surface area contributed by atoms with Crippen molar-refractivity contribution in [3.8, 4) is 0 Å². The number of aromatic amines is 1. The minimum Gasteiger partial charge on any atom is -0.348 e. The van der Waals surface area contributed by atoms with Gasteiger partial charge < -0.3 is 4.98 Å². The molecule has 4 rings (SSSR count). The number of aromatic nitrogens is 2. The molecule has 1 aromatic carbocycles. The summed E-state index contributed by atoms with van der Waals surface area (Å²) in [5.41, 5.74) is 2.87. The molecule has 1 fully saturated rings. The molecular weight excluding hydrogens is 250 g/mol. The zero-order chi connectivity index (χ0) is 13.7. The van der Waals surface area contributed by atoms with Crippen molar-refractivity contribution in [2.24, 2.45) is 10.9 Å². The first-order chi connectivity index (χ1) is 9.75. The van der Waals surface area contributed by atoms with Gasteiger partial charge in [0.25, 0.3) is 0 Å². The number of nitrogens with zero attached hydrogens (tertiary/aromatic N) is 2. The number of benzene rings is 1. The number of hydrogen-bond donors (Lipinski definition) is 1. The Labute approximate surface area is 117 Å². The standard InChI is InChI=1S/C16H15N3O/c1-9-11(16-17-6-7-18-16)8-12-10-4-2-3-5-13(10)19-14(12)15(9)20/h2-7,9,11-12H,8H2,1H3,(H,17,18). The van der Waals surface area contributed by atoms with Crippen LogP contribution in [0.15, 0.2) is 41.7 Å². The van der Waals surface area contributed by atoms with E-state index in [4.69, 9.17) is 0 Å². The molecule has 4 heteroatoms. The lowest BCUT2D eigenvalue weighted by atomic mass is 9.71. The van der Waals surface area contributed by atoms with Crippen LogP contribution in [0, 0.1) is 5.92 Å². The minimum absolute atomic E-state index is 0.0644. The Bertz CT molecular complexity index is 702. The second-order valence-corrected chi connectivity index (χ2v) is 5.58. The second kappa shape index (κ2) is 4.13. The van der Waals surface area contributed by atoms with Gasteiger partial charge in [-0.3, -0.25) is 4.79 Å². The number of ketones is 1. The third-order valence-corrected chi connectivity index (χ3v) is 4.51. The van der Waals surface area contributed by atoms with E-state index >= 15 is 0 Å². The summed E-state index contributed by atoms with van der Waals surface area (Å²) in [5.74, 6) is 1.29. The minimum atomic E-state index is -0.0644. The number of fused-ring (bicyclic) bond motifs is 3. The van der Waals surface area contributed by atoms with Crippen LogP contribution < -0.4 is 0 Å². The molecule has 4 nitrogen and oxygen atoms in total. The average Bonchev–Trinajstić information content (AvgIpc) is 3.10. The summed E-state index contributed by atoms with van der Waals surface area (Å²) in [6.07, 6.45) is 4.47. The first kappa shape index (κ1) is 11.6. The summed E-state index contributed by atoms with van der Waals surface area (Å²) in [6, 6.07) is 8.05. The largest absolute Gasteiger partial charge is 0.348 e. The zero-order valence-electron chi connectivity index (χ0n) is 11.2. The lowest BCUT2D eigenvalue weighted by Gasteiger charge is -2.31. The molecule has 0 bridgehead atoms. The third kappa shape index (κ3) is 1.51. The van der Waals surface area contributed by atoms with E-state index in [1.807, 2.05) is 31.3 Å². The van der Waals surface area contributed by atoms with Crippen molar-refractivity contribution >= 4 is 17.2 Å². The van der Waals surface area contributed by atoms with Gasteiger partial charge in [0.15, 0.2) is 5.78 Å². The molecule has 3 atom stereocenters. The van der Waals surface area contributed by atoms with Crippen LogP contribution in [0.5, 0.6) is 0 Å². The van der Waals surface area contributed by atoms with Gasteiger partial charge in [0.1, 0.15) is 5.82 Å². The molecule has 1 N–H and O–H groups in total. The highest BCUT2D eigenvalue weighted by atomic mass is 16.1. The molecule has 0 spiro atoms. The highest BCUT2D eigenvalue weighted by molar-refractivity contribution is 6.44. The van der Waals surface area contributed by atoms with Gasteiger partial charge in [-0.2, -0.15) is 0 Å². The number of aliphatic imine (C=N–C) groups is 1. The van der Waals surface area contributed by atoms with Gasteiger partial charge in [-0.25, -0.2) is 9.98 Å². The summed E-state index contributed by atoms with van der Waals surface area (Å²) in [6.45, 7) is 1.98. The lowest BCUT2D eigenvalue weighted by molar-refractivity contribution is -0.117. The Morgan fingerprint density at radius 1 is 1.30 bits per heavy atom. The van der Waals surface area contributed by atoms with Crippen LogP contribution in [0.25, 0.3) is 0 Å². The van der Waals surface area contributed by atoms with E-state index in [0.717, 1.165) is 23.6 Å². The molecule has 20 heavy (non-hydrogen) atoms. The van der Waals surface area contributed by atoms with Crippen molar-refractivity contribution in [3.63, 3.8) is 0 Å². The normalized spacial score (nSPS) is 27.9. The van der Waals surface area contributed by atoms with Gasteiger partial charge in [-0.15, -0.1) is 0 Å². The molecule has 0 radical (unpaired) electrons. The number of imidazole rings is 1. The fourth-order valence-corrected chi connectivity index (χ4v) is 3.41. The Morgan fingerprint density at radius 2 is 2.15 bits per heavy atom. The van der Waals surface area contributed by atoms with E-state index < -0.39 is 0 Å². The fourth-order valence-electron chi connectivity index (χ4n) is 3.41. The Hall–Kier alpha value is -2.23. The van der Waals surface area contributed by atoms with Gasteiger partial charge in [-0.1, -0.05) is 25.1 Å². The summed E-state index contributed by atoms with van der Waals surface area (Å²) < 4.78 is 0. The first-order valence-corrected chi connectivity index (χ1v) is 6.96. The van der Waals surface area contributed by atoms with E-state index in [2.05, 4.69) is 21.0 Å². The molecule has 2 aliphatic rings. The van der Waals surface area contributed by atoms with Crippen LogP contribution in [-0.4, -0.2) is 21.5 Å². The number of para-hydroxylation sites is 1. The molecule has 0 saturated heterocycles. The number of carbonyl (C=O) groups excluding carboxylic acids is 1. The number of hydrogen-bond acceptors (Lipinski definition) is 3. The Morgan fingerprint density at radius 3 is 2.95 bits per heavy atom. The maximum absolute atomic E-state index is 12.6. The average molecular weight is 265 g/mol. The SMILES string of the molecule is CC1C(=O)C2=Nc3ccccc3C2CC1c1ncc[nH]1. The number of nitrogens with one attached hydrogen (secondary N) is 1. The summed E-state index contributed by atoms with van der Waals surface area (Å²) in [4.78, 5) is 24.7. The maximum atomic E-state index is 12.6. The molecule has 1 saturated carbocycles. The van der Waals surface area contributed by atoms with Crippen molar-refractivity contribution in [2.45, 2.75) is 25.2 Å². The van der Waals surface area contributed by atoms with Crippen LogP contribution in [0.3, 0.4) is 0 Å². The third-order valence-electron chi connectivity index (χ3n) is 4.51. The van der Waals surface area contributed by atoms with Crippen LogP contribution in [0.1, 0.15) is 36.6 Å². The first-order valence-electron chi connectivity index (χ1n) is 6.96. The van der Waals surface area contributed by atoms with Crippen molar-refractivity contribution in [1.82, 2.24) is 9.97 Å². The van der Waals surface area contributed by atoms with Crippen LogP contribution in [0.4, 0.5) is 5.69 Å². The second-order valence-electron chi connectivity index (χ2n) is 5.58. The van der Waals surface area contributed by atoms with Crippen LogP contribution in [-0.2, 0) is 4.79 Å². The maximum Gasteiger partial charge on any atom is 0.181 e. The summed E-state index contributed by atoms with van der Waals surface area (Å²) in [7, 11) is 0. The van der Waals surface area contributed by atoms with Gasteiger partial charge in [-0.05, 0) is 18.1 Å². The highest BCUT2D eigenvalue weighted by Crippen LogP contribution is 2.47. The fraction of sp³-hybridized carbons (Fsp3) is 0.312. The van der Waals surface area contributed by atoms with E-state index in [9.17, 15) is 4.79 Å². The summed E-state index contributed by atoms with van der Waals surface area (Å²) >= 11 is 0. The summed E-state index contributed by atoms with van der Waals surface area (Å²) in [5, 5.41) is 0. The zero-order valence-corrected chi connectivity index (χ0v) is 11.2. The Balaban J connectivity index is 1.78. The van der Waals surface area contributed by atoms with E-state index in [-0.39, 0.29) is 23.5 Å². The van der Waals surface area contributed by atoms with Crippen molar-refractivity contribution in [1.29, 1.82) is 0 Å². The van der Waals surface area contributed by atoms with Crippen molar-refractivity contribution in [3.05, 3.63) is 48.0 Å². The van der Waals surface area contributed by atoms with E-state index in [1.165, 1.54) is 5.56 Å². The molecule has 3 unspecified atom stereocenters. The van der Waals surface area contributed by atoms with E-state index in [1.54, 1.807) is 6.20 Å². The molecular formula is C16H15N3O. The molecule has 1 aliphatic heterocycles. The smallest absolute Gasteiger partial charge is 0.181 e. The number of rotatable bonds is 1. The number of H-pyrrole nitrogens is 1. The molecule has 2 aromatic rings. The van der Waals surface area contributed by atoms with E-state index in [0.29, 0.717) is 0 Å².